The number of likely N-dealkylation sites (tertiary alicyclic amines) is 1. The van der Waals surface area contributed by atoms with Crippen LogP contribution in [-0.4, -0.2) is 41.6 Å². The summed E-state index contributed by atoms with van der Waals surface area (Å²) in [6, 6.07) is 13.4. The standard InChI is InChI=1S/C22H29N3O3/c1-17-6-3-10-22(27)25(17)13-11-21(26)23-19-8-5-12-24(16-19)15-18-7-4-9-20(14-18)28-2/h3-4,6-7,9-10,14,19H,5,8,11-13,15-16H2,1-2H3,(H,23,26)/t19-/m1/s1. The molecule has 1 aliphatic heterocycles. The number of piperidine rings is 1. The van der Waals surface area contributed by atoms with Crippen LogP contribution in [0.15, 0.2) is 47.3 Å². The number of pyridine rings is 1. The number of benzene rings is 1. The maximum absolute atomic E-state index is 12.4. The van der Waals surface area contributed by atoms with Crippen LogP contribution in [0.25, 0.3) is 0 Å². The summed E-state index contributed by atoms with van der Waals surface area (Å²) in [5.74, 6) is 0.870. The van der Waals surface area contributed by atoms with E-state index < -0.39 is 0 Å². The van der Waals surface area contributed by atoms with E-state index in [1.165, 1.54) is 11.6 Å². The summed E-state index contributed by atoms with van der Waals surface area (Å²) >= 11 is 0. The second-order valence-electron chi connectivity index (χ2n) is 7.40. The molecule has 0 bridgehead atoms. The molecule has 1 aromatic carbocycles. The maximum atomic E-state index is 12.4. The number of ether oxygens (including phenoxy) is 1. The number of hydrogen-bond donors (Lipinski definition) is 1. The van der Waals surface area contributed by atoms with E-state index in [9.17, 15) is 9.59 Å². The van der Waals surface area contributed by atoms with Gasteiger partial charge in [-0.15, -0.1) is 0 Å². The number of aromatic nitrogens is 1. The topological polar surface area (TPSA) is 63.6 Å². The van der Waals surface area contributed by atoms with Crippen LogP contribution in [0, 0.1) is 6.92 Å². The van der Waals surface area contributed by atoms with Crippen molar-refractivity contribution in [3.63, 3.8) is 0 Å². The van der Waals surface area contributed by atoms with Crippen LogP contribution in [0.4, 0.5) is 0 Å². The summed E-state index contributed by atoms with van der Waals surface area (Å²) in [4.78, 5) is 26.7. The molecular weight excluding hydrogens is 354 g/mol. The molecule has 0 radical (unpaired) electrons. The number of hydrogen-bond acceptors (Lipinski definition) is 4. The molecule has 1 amide bonds. The van der Waals surface area contributed by atoms with E-state index in [4.69, 9.17) is 4.74 Å². The van der Waals surface area contributed by atoms with Crippen LogP contribution >= 0.6 is 0 Å². The van der Waals surface area contributed by atoms with Crippen LogP contribution in [0.3, 0.4) is 0 Å². The van der Waals surface area contributed by atoms with Gasteiger partial charge in [0.1, 0.15) is 5.75 Å². The van der Waals surface area contributed by atoms with E-state index >= 15 is 0 Å². The molecule has 0 saturated carbocycles. The Labute approximate surface area is 166 Å². The number of carbonyl (C=O) groups excluding carboxylic acids is 1. The molecule has 6 heteroatoms. The van der Waals surface area contributed by atoms with Crippen LogP contribution in [0.1, 0.15) is 30.5 Å². The monoisotopic (exact) mass is 383 g/mol. The van der Waals surface area contributed by atoms with Gasteiger partial charge in [-0.1, -0.05) is 18.2 Å². The van der Waals surface area contributed by atoms with E-state index in [-0.39, 0.29) is 17.5 Å². The molecular formula is C22H29N3O3. The first-order valence-corrected chi connectivity index (χ1v) is 9.86. The summed E-state index contributed by atoms with van der Waals surface area (Å²) in [5, 5.41) is 3.15. The summed E-state index contributed by atoms with van der Waals surface area (Å²) < 4.78 is 6.95. The van der Waals surface area contributed by atoms with Gasteiger partial charge >= 0.3 is 0 Å². The van der Waals surface area contributed by atoms with Crippen LogP contribution in [0.5, 0.6) is 5.75 Å². The van der Waals surface area contributed by atoms with Crippen LogP contribution in [0.2, 0.25) is 0 Å². The average Bonchev–Trinajstić information content (AvgIpc) is 2.68. The fraction of sp³-hybridized carbons (Fsp3) is 0.455. The molecule has 150 valence electrons. The Hall–Kier alpha value is -2.60. The molecule has 28 heavy (non-hydrogen) atoms. The van der Waals surface area contributed by atoms with Gasteiger partial charge in [0.25, 0.3) is 5.56 Å². The first-order chi connectivity index (χ1) is 13.5. The molecule has 3 rings (SSSR count). The lowest BCUT2D eigenvalue weighted by Gasteiger charge is -2.33. The number of nitrogens with one attached hydrogen (secondary N) is 1. The molecule has 2 heterocycles. The van der Waals surface area contributed by atoms with Crippen molar-refractivity contribution < 1.29 is 9.53 Å². The van der Waals surface area contributed by atoms with Crippen molar-refractivity contribution in [3.8, 4) is 5.75 Å². The molecule has 1 saturated heterocycles. The highest BCUT2D eigenvalue weighted by Gasteiger charge is 2.21. The Bertz CT molecular complexity index is 862. The minimum Gasteiger partial charge on any atom is -0.497 e. The third kappa shape index (κ3) is 5.45. The molecule has 1 aromatic heterocycles. The zero-order valence-corrected chi connectivity index (χ0v) is 16.7. The van der Waals surface area contributed by atoms with Gasteiger partial charge in [-0.2, -0.15) is 0 Å². The number of methoxy groups -OCH3 is 1. The van der Waals surface area contributed by atoms with E-state index in [1.807, 2.05) is 25.1 Å². The largest absolute Gasteiger partial charge is 0.497 e. The number of nitrogens with zero attached hydrogens (tertiary/aromatic N) is 2. The second-order valence-corrected chi connectivity index (χ2v) is 7.40. The molecule has 0 unspecified atom stereocenters. The Morgan fingerprint density at radius 3 is 2.86 bits per heavy atom. The van der Waals surface area contributed by atoms with Gasteiger partial charge in [-0.3, -0.25) is 14.5 Å². The van der Waals surface area contributed by atoms with Gasteiger partial charge in [-0.25, -0.2) is 0 Å². The summed E-state index contributed by atoms with van der Waals surface area (Å²) in [6.45, 7) is 5.02. The lowest BCUT2D eigenvalue weighted by atomic mass is 10.0. The quantitative estimate of drug-likeness (QED) is 0.797. The molecule has 2 aromatic rings. The minimum atomic E-state index is -0.0602. The third-order valence-corrected chi connectivity index (χ3v) is 5.24. The highest BCUT2D eigenvalue weighted by Crippen LogP contribution is 2.17. The maximum Gasteiger partial charge on any atom is 0.250 e. The number of amides is 1. The lowest BCUT2D eigenvalue weighted by Crippen LogP contribution is -2.47. The molecule has 6 nitrogen and oxygen atoms in total. The second kappa shape index (κ2) is 9.55. The van der Waals surface area contributed by atoms with Crippen LogP contribution < -0.4 is 15.6 Å². The van der Waals surface area contributed by atoms with Gasteiger partial charge in [0.15, 0.2) is 0 Å². The van der Waals surface area contributed by atoms with Crippen LogP contribution in [-0.2, 0) is 17.9 Å². The highest BCUT2D eigenvalue weighted by molar-refractivity contribution is 5.76. The molecule has 1 aliphatic rings. The fourth-order valence-electron chi connectivity index (χ4n) is 3.77. The molecule has 1 atom stereocenters. The lowest BCUT2D eigenvalue weighted by molar-refractivity contribution is -0.122. The Morgan fingerprint density at radius 2 is 2.07 bits per heavy atom. The Morgan fingerprint density at radius 1 is 1.25 bits per heavy atom. The van der Waals surface area contributed by atoms with E-state index in [0.717, 1.165) is 43.9 Å². The van der Waals surface area contributed by atoms with Crippen molar-refractivity contribution in [1.82, 2.24) is 14.8 Å². The van der Waals surface area contributed by atoms with E-state index in [2.05, 4.69) is 22.3 Å². The smallest absolute Gasteiger partial charge is 0.250 e. The fourth-order valence-corrected chi connectivity index (χ4v) is 3.77. The zero-order valence-electron chi connectivity index (χ0n) is 16.7. The average molecular weight is 383 g/mol. The minimum absolute atomic E-state index is 0.00313. The molecule has 0 aliphatic carbocycles. The van der Waals surface area contributed by atoms with Crippen molar-refractivity contribution in [2.75, 3.05) is 20.2 Å². The van der Waals surface area contributed by atoms with E-state index in [1.54, 1.807) is 17.7 Å². The summed E-state index contributed by atoms with van der Waals surface area (Å²) in [5.41, 5.74) is 2.03. The predicted octanol–water partition coefficient (Wildman–Crippen LogP) is 2.34. The molecule has 1 fully saturated rings. The van der Waals surface area contributed by atoms with Gasteiger partial charge in [0.05, 0.1) is 7.11 Å². The first kappa shape index (κ1) is 20.1. The highest BCUT2D eigenvalue weighted by atomic mass is 16.5. The van der Waals surface area contributed by atoms with Crippen molar-refractivity contribution in [3.05, 3.63) is 64.1 Å². The van der Waals surface area contributed by atoms with Crippen molar-refractivity contribution in [2.24, 2.45) is 0 Å². The Kier molecular flexibility index (Phi) is 6.87. The number of rotatable bonds is 7. The van der Waals surface area contributed by atoms with Crippen molar-refractivity contribution in [2.45, 2.75) is 45.3 Å². The Balaban J connectivity index is 1.50. The normalized spacial score (nSPS) is 17.3. The molecule has 1 N–H and O–H groups in total. The first-order valence-electron chi connectivity index (χ1n) is 9.86. The molecule has 0 spiro atoms. The zero-order chi connectivity index (χ0) is 19.9. The predicted molar refractivity (Wildman–Crippen MR) is 109 cm³/mol. The number of aryl methyl sites for hydroxylation is 1. The van der Waals surface area contributed by atoms with E-state index in [0.29, 0.717) is 13.0 Å². The van der Waals surface area contributed by atoms with Gasteiger partial charge in [-0.05, 0) is 50.1 Å². The van der Waals surface area contributed by atoms with Crippen molar-refractivity contribution >= 4 is 5.91 Å². The number of carbonyl (C=O) groups is 1. The third-order valence-electron chi connectivity index (χ3n) is 5.24. The van der Waals surface area contributed by atoms with Crippen molar-refractivity contribution in [1.29, 1.82) is 0 Å². The van der Waals surface area contributed by atoms with Gasteiger partial charge in [0, 0.05) is 43.9 Å². The van der Waals surface area contributed by atoms with Gasteiger partial charge in [0.2, 0.25) is 5.91 Å². The summed E-state index contributed by atoms with van der Waals surface area (Å²) in [7, 11) is 1.68. The SMILES string of the molecule is COc1cccc(CN2CCC[C@@H](NC(=O)CCn3c(C)cccc3=O)C2)c1. The summed E-state index contributed by atoms with van der Waals surface area (Å²) in [6.07, 6.45) is 2.37. The van der Waals surface area contributed by atoms with Gasteiger partial charge < -0.3 is 14.6 Å².